The molecule has 28 heavy (non-hydrogen) atoms. The van der Waals surface area contributed by atoms with E-state index in [4.69, 9.17) is 10.5 Å². The van der Waals surface area contributed by atoms with E-state index in [9.17, 15) is 4.79 Å². The Morgan fingerprint density at radius 1 is 1.14 bits per heavy atom. The Morgan fingerprint density at radius 2 is 1.86 bits per heavy atom. The highest BCUT2D eigenvalue weighted by atomic mass is 16.5. The quantitative estimate of drug-likeness (QED) is 0.629. The van der Waals surface area contributed by atoms with Gasteiger partial charge in [0.1, 0.15) is 17.3 Å². The van der Waals surface area contributed by atoms with Gasteiger partial charge in [-0.25, -0.2) is 4.98 Å². The first-order chi connectivity index (χ1) is 13.6. The first kappa shape index (κ1) is 19.9. The summed E-state index contributed by atoms with van der Waals surface area (Å²) < 4.78 is 5.84. The van der Waals surface area contributed by atoms with E-state index in [1.807, 2.05) is 19.2 Å². The van der Waals surface area contributed by atoms with E-state index in [1.165, 1.54) is 0 Å². The molecule has 1 aromatic heterocycles. The molecule has 1 fully saturated rings. The highest BCUT2D eigenvalue weighted by Gasteiger charge is 2.18. The predicted octanol–water partition coefficient (Wildman–Crippen LogP) is 2.07. The van der Waals surface area contributed by atoms with Crippen LogP contribution in [0.4, 0.5) is 17.2 Å². The Labute approximate surface area is 165 Å². The van der Waals surface area contributed by atoms with E-state index in [1.54, 1.807) is 24.4 Å². The second-order valence-corrected chi connectivity index (χ2v) is 6.74. The number of hydrogen-bond acceptors (Lipinski definition) is 7. The van der Waals surface area contributed by atoms with Crippen molar-refractivity contribution in [3.63, 3.8) is 0 Å². The van der Waals surface area contributed by atoms with Crippen molar-refractivity contribution in [1.82, 2.24) is 14.8 Å². The summed E-state index contributed by atoms with van der Waals surface area (Å²) in [5, 5.41) is 5.86. The van der Waals surface area contributed by atoms with E-state index in [0.717, 1.165) is 38.4 Å². The number of nitrogens with two attached hydrogens (primary N) is 1. The molecule has 0 saturated carbocycles. The largest absolute Gasteiger partial charge is 0.457 e. The van der Waals surface area contributed by atoms with Crippen LogP contribution < -0.4 is 21.1 Å². The van der Waals surface area contributed by atoms with Crippen LogP contribution in [0.2, 0.25) is 0 Å². The molecule has 8 nitrogen and oxygen atoms in total. The topological polar surface area (TPSA) is 95.8 Å². The average molecular weight is 384 g/mol. The van der Waals surface area contributed by atoms with Crippen molar-refractivity contribution < 1.29 is 9.53 Å². The molecule has 4 N–H and O–H groups in total. The molecule has 2 aromatic rings. The molecule has 1 aliphatic heterocycles. The van der Waals surface area contributed by atoms with Gasteiger partial charge in [0.2, 0.25) is 5.91 Å². The second kappa shape index (κ2) is 9.38. The number of nitrogens with one attached hydrogen (secondary N) is 2. The molecule has 0 radical (unpaired) electrons. The SMILES string of the molecule is CCN1CCN(CC(=O)Nc2cc(Oc3ccc(NC)c(N)c3)ccn2)CC1. The zero-order valence-corrected chi connectivity index (χ0v) is 16.4. The Balaban J connectivity index is 1.56. The number of pyridine rings is 1. The van der Waals surface area contributed by atoms with E-state index >= 15 is 0 Å². The zero-order valence-electron chi connectivity index (χ0n) is 16.4. The van der Waals surface area contributed by atoms with Gasteiger partial charge in [0.05, 0.1) is 17.9 Å². The van der Waals surface area contributed by atoms with Crippen molar-refractivity contribution in [2.24, 2.45) is 0 Å². The molecule has 0 bridgehead atoms. The van der Waals surface area contributed by atoms with Gasteiger partial charge in [-0.2, -0.15) is 0 Å². The third-order valence-electron chi connectivity index (χ3n) is 4.81. The molecule has 0 unspecified atom stereocenters. The van der Waals surface area contributed by atoms with Crippen LogP contribution in [0.5, 0.6) is 11.5 Å². The van der Waals surface area contributed by atoms with E-state index in [-0.39, 0.29) is 5.91 Å². The maximum atomic E-state index is 12.3. The number of rotatable bonds is 7. The summed E-state index contributed by atoms with van der Waals surface area (Å²) in [4.78, 5) is 21.1. The van der Waals surface area contributed by atoms with Crippen molar-refractivity contribution >= 4 is 23.1 Å². The molecular weight excluding hydrogens is 356 g/mol. The highest BCUT2D eigenvalue weighted by Crippen LogP contribution is 2.28. The molecule has 8 heteroatoms. The zero-order chi connectivity index (χ0) is 19.9. The van der Waals surface area contributed by atoms with Gasteiger partial charge in [0, 0.05) is 51.6 Å². The average Bonchev–Trinajstić information content (AvgIpc) is 2.69. The van der Waals surface area contributed by atoms with E-state index in [2.05, 4.69) is 32.3 Å². The summed E-state index contributed by atoms with van der Waals surface area (Å²) >= 11 is 0. The van der Waals surface area contributed by atoms with Crippen LogP contribution in [0.25, 0.3) is 0 Å². The molecule has 0 spiro atoms. The lowest BCUT2D eigenvalue weighted by atomic mass is 10.2. The maximum Gasteiger partial charge on any atom is 0.239 e. The van der Waals surface area contributed by atoms with Crippen LogP contribution in [0.1, 0.15) is 6.92 Å². The highest BCUT2D eigenvalue weighted by molar-refractivity contribution is 5.91. The summed E-state index contributed by atoms with van der Waals surface area (Å²) in [6, 6.07) is 8.88. The monoisotopic (exact) mass is 384 g/mol. The number of piperazine rings is 1. The molecule has 1 amide bonds. The number of anilines is 3. The van der Waals surface area contributed by atoms with Crippen LogP contribution in [-0.2, 0) is 4.79 Å². The third-order valence-corrected chi connectivity index (χ3v) is 4.81. The van der Waals surface area contributed by atoms with Gasteiger partial charge in [-0.05, 0) is 24.7 Å². The van der Waals surface area contributed by atoms with Gasteiger partial charge in [0.15, 0.2) is 0 Å². The van der Waals surface area contributed by atoms with Crippen molar-refractivity contribution in [3.05, 3.63) is 36.5 Å². The summed E-state index contributed by atoms with van der Waals surface area (Å²) in [5.74, 6) is 1.60. The minimum Gasteiger partial charge on any atom is -0.457 e. The fourth-order valence-electron chi connectivity index (χ4n) is 3.16. The first-order valence-corrected chi connectivity index (χ1v) is 9.53. The summed E-state index contributed by atoms with van der Waals surface area (Å²) in [5.41, 5.74) is 7.41. The van der Waals surface area contributed by atoms with Gasteiger partial charge in [-0.3, -0.25) is 9.69 Å². The molecule has 150 valence electrons. The molecular formula is C20H28N6O2. The van der Waals surface area contributed by atoms with Crippen LogP contribution in [-0.4, -0.2) is 67.0 Å². The molecule has 2 heterocycles. The lowest BCUT2D eigenvalue weighted by molar-refractivity contribution is -0.117. The number of nitrogen functional groups attached to an aromatic ring is 1. The number of benzene rings is 1. The Morgan fingerprint density at radius 3 is 2.54 bits per heavy atom. The van der Waals surface area contributed by atoms with Crippen LogP contribution >= 0.6 is 0 Å². The third kappa shape index (κ3) is 5.34. The number of likely N-dealkylation sites (N-methyl/N-ethyl adjacent to an activating group) is 1. The standard InChI is InChI=1S/C20H28N6O2/c1-3-25-8-10-26(11-9-25)14-20(27)24-19-13-16(6-7-23-19)28-15-4-5-18(22-2)17(21)12-15/h4-7,12-13,22H,3,8-11,14,21H2,1-2H3,(H,23,24,27). The Hall–Kier alpha value is -2.84. The van der Waals surface area contributed by atoms with Crippen molar-refractivity contribution in [2.45, 2.75) is 6.92 Å². The van der Waals surface area contributed by atoms with Gasteiger partial charge in [-0.1, -0.05) is 6.92 Å². The Kier molecular flexibility index (Phi) is 6.67. The van der Waals surface area contributed by atoms with Crippen LogP contribution in [0.3, 0.4) is 0 Å². The van der Waals surface area contributed by atoms with Gasteiger partial charge < -0.3 is 26.0 Å². The smallest absolute Gasteiger partial charge is 0.239 e. The molecule has 3 rings (SSSR count). The van der Waals surface area contributed by atoms with Gasteiger partial charge in [-0.15, -0.1) is 0 Å². The fraction of sp³-hybridized carbons (Fsp3) is 0.400. The first-order valence-electron chi connectivity index (χ1n) is 9.53. The number of aromatic nitrogens is 1. The molecule has 0 atom stereocenters. The van der Waals surface area contributed by atoms with E-state index in [0.29, 0.717) is 29.5 Å². The van der Waals surface area contributed by atoms with Gasteiger partial charge >= 0.3 is 0 Å². The number of amides is 1. The summed E-state index contributed by atoms with van der Waals surface area (Å²) in [7, 11) is 1.81. The van der Waals surface area contributed by atoms with Crippen molar-refractivity contribution in [2.75, 3.05) is 62.7 Å². The second-order valence-electron chi connectivity index (χ2n) is 6.74. The minimum atomic E-state index is -0.0720. The summed E-state index contributed by atoms with van der Waals surface area (Å²) in [6.07, 6.45) is 1.61. The predicted molar refractivity (Wildman–Crippen MR) is 112 cm³/mol. The number of ether oxygens (including phenoxy) is 1. The number of nitrogens with zero attached hydrogens (tertiary/aromatic N) is 3. The number of carbonyl (C=O) groups excluding carboxylic acids is 1. The normalized spacial score (nSPS) is 15.2. The number of hydrogen-bond donors (Lipinski definition) is 3. The molecule has 1 aliphatic rings. The molecule has 1 saturated heterocycles. The van der Waals surface area contributed by atoms with Crippen molar-refractivity contribution in [1.29, 1.82) is 0 Å². The van der Waals surface area contributed by atoms with Gasteiger partial charge in [0.25, 0.3) is 0 Å². The fourth-order valence-corrected chi connectivity index (χ4v) is 3.16. The van der Waals surface area contributed by atoms with Crippen LogP contribution in [0.15, 0.2) is 36.5 Å². The summed E-state index contributed by atoms with van der Waals surface area (Å²) in [6.45, 7) is 7.39. The lowest BCUT2D eigenvalue weighted by Crippen LogP contribution is -2.48. The maximum absolute atomic E-state index is 12.3. The molecule has 1 aromatic carbocycles. The van der Waals surface area contributed by atoms with Crippen molar-refractivity contribution in [3.8, 4) is 11.5 Å². The molecule has 0 aliphatic carbocycles. The minimum absolute atomic E-state index is 0.0720. The number of carbonyl (C=O) groups is 1. The Bertz CT molecular complexity index is 805. The van der Waals surface area contributed by atoms with Crippen LogP contribution in [0, 0.1) is 0 Å². The van der Waals surface area contributed by atoms with E-state index < -0.39 is 0 Å². The lowest BCUT2D eigenvalue weighted by Gasteiger charge is -2.33.